The first-order chi connectivity index (χ1) is 5.11. The van der Waals surface area contributed by atoms with Gasteiger partial charge in [0.2, 0.25) is 0 Å². The van der Waals surface area contributed by atoms with Gasteiger partial charge in [-0.2, -0.15) is 0 Å². The second kappa shape index (κ2) is 3.29. The van der Waals surface area contributed by atoms with Crippen LogP contribution in [0.4, 0.5) is 0 Å². The van der Waals surface area contributed by atoms with E-state index in [2.05, 4.69) is 6.58 Å². The van der Waals surface area contributed by atoms with E-state index in [0.29, 0.717) is 10.0 Å². The molecule has 0 N–H and O–H groups in total. The second-order valence-corrected chi connectivity index (χ2v) is 3.22. The lowest BCUT2D eigenvalue weighted by Gasteiger charge is -2.00. The van der Waals surface area contributed by atoms with Crippen LogP contribution >= 0.6 is 23.2 Å². The first-order valence-electron chi connectivity index (χ1n) is 3.22. The summed E-state index contributed by atoms with van der Waals surface area (Å²) in [6, 6.07) is 5.48. The summed E-state index contributed by atoms with van der Waals surface area (Å²) in [7, 11) is 0. The molecule has 0 aliphatic carbocycles. The molecule has 58 valence electrons. The fraction of sp³-hybridized carbons (Fsp3) is 0.111. The highest BCUT2D eigenvalue weighted by molar-refractivity contribution is 6.42. The lowest BCUT2D eigenvalue weighted by atomic mass is 10.1. The van der Waals surface area contributed by atoms with E-state index < -0.39 is 0 Å². The highest BCUT2D eigenvalue weighted by Gasteiger charge is 1.98. The van der Waals surface area contributed by atoms with Gasteiger partial charge >= 0.3 is 0 Å². The van der Waals surface area contributed by atoms with E-state index in [-0.39, 0.29) is 0 Å². The Bertz CT molecular complexity index is 290. The molecule has 0 saturated heterocycles. The Hall–Kier alpha value is -0.460. The third kappa shape index (κ3) is 1.98. The topological polar surface area (TPSA) is 0 Å². The van der Waals surface area contributed by atoms with Crippen LogP contribution in [0, 0.1) is 0 Å². The summed E-state index contributed by atoms with van der Waals surface area (Å²) in [5.74, 6) is 0. The lowest BCUT2D eigenvalue weighted by Crippen LogP contribution is -1.77. The fourth-order valence-electron chi connectivity index (χ4n) is 0.762. The summed E-state index contributed by atoms with van der Waals surface area (Å²) in [5.41, 5.74) is 2.02. The van der Waals surface area contributed by atoms with Gasteiger partial charge in [-0.05, 0) is 24.6 Å². The van der Waals surface area contributed by atoms with Gasteiger partial charge in [-0.3, -0.25) is 0 Å². The normalized spacial score (nSPS) is 9.73. The number of hydrogen-bond acceptors (Lipinski definition) is 0. The summed E-state index contributed by atoms with van der Waals surface area (Å²) in [5, 5.41) is 1.16. The summed E-state index contributed by atoms with van der Waals surface area (Å²) in [6.45, 7) is 5.72. The van der Waals surface area contributed by atoms with Crippen LogP contribution in [-0.2, 0) is 0 Å². The molecular formula is C9H8Cl2. The lowest BCUT2D eigenvalue weighted by molar-refractivity contribution is 1.58. The van der Waals surface area contributed by atoms with Crippen molar-refractivity contribution in [2.45, 2.75) is 6.92 Å². The molecule has 2 heteroatoms. The standard InChI is InChI=1S/C9H8Cl2/c1-6(2)7-3-4-8(10)9(11)5-7/h3-5H,1H2,2H3. The van der Waals surface area contributed by atoms with Crippen LogP contribution in [-0.4, -0.2) is 0 Å². The second-order valence-electron chi connectivity index (χ2n) is 2.41. The van der Waals surface area contributed by atoms with Gasteiger partial charge in [-0.15, -0.1) is 0 Å². The third-order valence-corrected chi connectivity index (χ3v) is 2.15. The predicted molar refractivity (Wildman–Crippen MR) is 51.2 cm³/mol. The van der Waals surface area contributed by atoms with Gasteiger partial charge in [-0.25, -0.2) is 0 Å². The van der Waals surface area contributed by atoms with Crippen molar-refractivity contribution in [1.29, 1.82) is 0 Å². The molecule has 0 saturated carbocycles. The molecule has 0 fully saturated rings. The predicted octanol–water partition coefficient (Wildman–Crippen LogP) is 4.03. The summed E-state index contributed by atoms with van der Waals surface area (Å²) >= 11 is 11.5. The molecular weight excluding hydrogens is 179 g/mol. The van der Waals surface area contributed by atoms with E-state index in [1.54, 1.807) is 6.07 Å². The largest absolute Gasteiger partial charge is 0.0955 e. The van der Waals surface area contributed by atoms with Crippen LogP contribution in [0.2, 0.25) is 10.0 Å². The van der Waals surface area contributed by atoms with Gasteiger partial charge in [0.05, 0.1) is 10.0 Å². The molecule has 0 radical (unpaired) electrons. The van der Waals surface area contributed by atoms with Crippen molar-refractivity contribution in [2.75, 3.05) is 0 Å². The maximum Gasteiger partial charge on any atom is 0.0598 e. The van der Waals surface area contributed by atoms with Gasteiger partial charge < -0.3 is 0 Å². The molecule has 1 rings (SSSR count). The van der Waals surface area contributed by atoms with Crippen LogP contribution < -0.4 is 0 Å². The van der Waals surface area contributed by atoms with Crippen LogP contribution in [0.5, 0.6) is 0 Å². The Balaban J connectivity index is 3.15. The van der Waals surface area contributed by atoms with Gasteiger partial charge in [0.15, 0.2) is 0 Å². The molecule has 0 atom stereocenters. The van der Waals surface area contributed by atoms with Gasteiger partial charge in [0.25, 0.3) is 0 Å². The molecule has 0 aromatic heterocycles. The highest BCUT2D eigenvalue weighted by atomic mass is 35.5. The average Bonchev–Trinajstić information content (AvgIpc) is 1.94. The van der Waals surface area contributed by atoms with Crippen LogP contribution in [0.25, 0.3) is 5.57 Å². The molecule has 0 bridgehead atoms. The highest BCUT2D eigenvalue weighted by Crippen LogP contribution is 2.25. The minimum absolute atomic E-state index is 0.576. The Morgan fingerprint density at radius 3 is 2.36 bits per heavy atom. The van der Waals surface area contributed by atoms with E-state index in [1.807, 2.05) is 19.1 Å². The summed E-state index contributed by atoms with van der Waals surface area (Å²) in [6.07, 6.45) is 0. The van der Waals surface area contributed by atoms with Crippen molar-refractivity contribution in [1.82, 2.24) is 0 Å². The quantitative estimate of drug-likeness (QED) is 0.622. The maximum absolute atomic E-state index is 5.78. The third-order valence-electron chi connectivity index (χ3n) is 1.41. The van der Waals surface area contributed by atoms with Crippen molar-refractivity contribution >= 4 is 28.8 Å². The first-order valence-corrected chi connectivity index (χ1v) is 3.98. The van der Waals surface area contributed by atoms with E-state index >= 15 is 0 Å². The molecule has 0 unspecified atom stereocenters. The number of allylic oxidation sites excluding steroid dienone is 1. The van der Waals surface area contributed by atoms with Crippen molar-refractivity contribution < 1.29 is 0 Å². The van der Waals surface area contributed by atoms with Gasteiger partial charge in [-0.1, -0.05) is 41.4 Å². The van der Waals surface area contributed by atoms with Crippen molar-refractivity contribution in [3.63, 3.8) is 0 Å². The monoisotopic (exact) mass is 186 g/mol. The zero-order chi connectivity index (χ0) is 8.43. The molecule has 0 nitrogen and oxygen atoms in total. The number of benzene rings is 1. The Kier molecular flexibility index (Phi) is 2.58. The van der Waals surface area contributed by atoms with E-state index in [4.69, 9.17) is 23.2 Å². The minimum atomic E-state index is 0.576. The molecule has 0 spiro atoms. The molecule has 1 aromatic rings. The Morgan fingerprint density at radius 1 is 1.27 bits per heavy atom. The SMILES string of the molecule is C=C(C)c1ccc(Cl)c(Cl)c1. The van der Waals surface area contributed by atoms with Crippen molar-refractivity contribution in [3.05, 3.63) is 40.4 Å². The smallest absolute Gasteiger partial charge is 0.0598 e. The maximum atomic E-state index is 5.78. The zero-order valence-electron chi connectivity index (χ0n) is 6.20. The Morgan fingerprint density at radius 2 is 1.91 bits per heavy atom. The van der Waals surface area contributed by atoms with Crippen LogP contribution in [0.3, 0.4) is 0 Å². The first kappa shape index (κ1) is 8.63. The average molecular weight is 187 g/mol. The molecule has 1 aromatic carbocycles. The van der Waals surface area contributed by atoms with E-state index in [0.717, 1.165) is 11.1 Å². The molecule has 0 heterocycles. The molecule has 11 heavy (non-hydrogen) atoms. The minimum Gasteiger partial charge on any atom is -0.0955 e. The number of hydrogen-bond donors (Lipinski definition) is 0. The summed E-state index contributed by atoms with van der Waals surface area (Å²) in [4.78, 5) is 0. The van der Waals surface area contributed by atoms with Crippen molar-refractivity contribution in [3.8, 4) is 0 Å². The summed E-state index contributed by atoms with van der Waals surface area (Å²) < 4.78 is 0. The zero-order valence-corrected chi connectivity index (χ0v) is 7.71. The Labute approximate surface area is 76.4 Å². The molecule has 0 aliphatic heterocycles. The van der Waals surface area contributed by atoms with Gasteiger partial charge in [0, 0.05) is 0 Å². The van der Waals surface area contributed by atoms with Crippen molar-refractivity contribution in [2.24, 2.45) is 0 Å². The number of rotatable bonds is 1. The fourth-order valence-corrected chi connectivity index (χ4v) is 1.06. The van der Waals surface area contributed by atoms with Gasteiger partial charge in [0.1, 0.15) is 0 Å². The molecule has 0 amide bonds. The van der Waals surface area contributed by atoms with E-state index in [1.165, 1.54) is 0 Å². The van der Waals surface area contributed by atoms with Crippen LogP contribution in [0.15, 0.2) is 24.8 Å². The van der Waals surface area contributed by atoms with E-state index in [9.17, 15) is 0 Å². The molecule has 0 aliphatic rings. The number of halogens is 2. The van der Waals surface area contributed by atoms with Crippen LogP contribution in [0.1, 0.15) is 12.5 Å².